The van der Waals surface area contributed by atoms with Crippen molar-refractivity contribution in [3.8, 4) is 0 Å². The first-order valence-corrected chi connectivity index (χ1v) is 5.02. The minimum absolute atomic E-state index is 0.0104. The largest absolute Gasteiger partial charge is 0.392 e. The molecule has 1 aliphatic heterocycles. The Morgan fingerprint density at radius 1 is 1.67 bits per heavy atom. The van der Waals surface area contributed by atoms with Gasteiger partial charge in [-0.2, -0.15) is 4.98 Å². The van der Waals surface area contributed by atoms with Gasteiger partial charge < -0.3 is 19.7 Å². The maximum absolute atomic E-state index is 9.34. The Morgan fingerprint density at radius 2 is 2.53 bits per heavy atom. The Labute approximate surface area is 87.6 Å². The molecular weight excluding hydrogens is 198 g/mol. The number of nitrogens with zero attached hydrogens (tertiary/aromatic N) is 2. The molecule has 1 aromatic rings. The van der Waals surface area contributed by atoms with Crippen molar-refractivity contribution in [1.82, 2.24) is 15.5 Å². The molecule has 1 fully saturated rings. The van der Waals surface area contributed by atoms with E-state index in [4.69, 9.17) is 9.26 Å². The van der Waals surface area contributed by atoms with Gasteiger partial charge in [-0.05, 0) is 6.42 Å². The fourth-order valence-corrected chi connectivity index (χ4v) is 1.61. The first-order chi connectivity index (χ1) is 7.29. The van der Waals surface area contributed by atoms with Gasteiger partial charge in [-0.3, -0.25) is 0 Å². The van der Waals surface area contributed by atoms with Gasteiger partial charge in [0.15, 0.2) is 5.82 Å². The number of hydrogen-bond donors (Lipinski definition) is 2. The molecule has 0 aliphatic carbocycles. The highest BCUT2D eigenvalue weighted by molar-refractivity contribution is 4.97. The van der Waals surface area contributed by atoms with Gasteiger partial charge in [-0.15, -0.1) is 0 Å². The minimum Gasteiger partial charge on any atom is -0.392 e. The van der Waals surface area contributed by atoms with Crippen molar-refractivity contribution in [2.24, 2.45) is 0 Å². The van der Waals surface area contributed by atoms with E-state index < -0.39 is 0 Å². The Morgan fingerprint density at radius 3 is 3.20 bits per heavy atom. The van der Waals surface area contributed by atoms with Crippen LogP contribution >= 0.6 is 0 Å². The third kappa shape index (κ3) is 2.53. The zero-order valence-corrected chi connectivity index (χ0v) is 8.64. The highest BCUT2D eigenvalue weighted by atomic mass is 16.5. The van der Waals surface area contributed by atoms with Crippen LogP contribution in [-0.4, -0.2) is 41.6 Å². The molecule has 15 heavy (non-hydrogen) atoms. The smallest absolute Gasteiger partial charge is 0.243 e. The summed E-state index contributed by atoms with van der Waals surface area (Å²) in [6.45, 7) is 1.17. The molecule has 6 nitrogen and oxygen atoms in total. The number of hydrogen-bond acceptors (Lipinski definition) is 6. The monoisotopic (exact) mass is 213 g/mol. The summed E-state index contributed by atoms with van der Waals surface area (Å²) >= 11 is 0. The number of β-amino-alcohol motifs (C(OH)–C–C–N with tert-alkyl or cyclic N) is 1. The van der Waals surface area contributed by atoms with Gasteiger partial charge in [0, 0.05) is 20.1 Å². The number of methoxy groups -OCH3 is 1. The lowest BCUT2D eigenvalue weighted by Gasteiger charge is -2.01. The molecule has 84 valence electrons. The van der Waals surface area contributed by atoms with Crippen molar-refractivity contribution >= 4 is 0 Å². The Hall–Kier alpha value is -0.980. The maximum atomic E-state index is 9.34. The summed E-state index contributed by atoms with van der Waals surface area (Å²) in [7, 11) is 1.63. The van der Waals surface area contributed by atoms with Crippen molar-refractivity contribution in [3.05, 3.63) is 11.7 Å². The molecule has 0 amide bonds. The van der Waals surface area contributed by atoms with E-state index >= 15 is 0 Å². The topological polar surface area (TPSA) is 80.4 Å². The van der Waals surface area contributed by atoms with Gasteiger partial charge in [0.05, 0.1) is 18.8 Å². The number of ether oxygens (including phenoxy) is 1. The molecule has 2 atom stereocenters. The normalized spacial score (nSPS) is 26.0. The van der Waals surface area contributed by atoms with Gasteiger partial charge in [0.1, 0.15) is 0 Å². The second kappa shape index (κ2) is 4.69. The molecular formula is C9H15N3O3. The molecule has 1 aliphatic rings. The second-order valence-electron chi connectivity index (χ2n) is 3.64. The first-order valence-electron chi connectivity index (χ1n) is 5.02. The lowest BCUT2D eigenvalue weighted by atomic mass is 10.2. The van der Waals surface area contributed by atoms with Crippen molar-refractivity contribution in [1.29, 1.82) is 0 Å². The molecule has 2 heterocycles. The van der Waals surface area contributed by atoms with Crippen LogP contribution < -0.4 is 5.32 Å². The maximum Gasteiger partial charge on any atom is 0.243 e. The van der Waals surface area contributed by atoms with E-state index in [1.165, 1.54) is 0 Å². The Bertz CT molecular complexity index is 315. The average molecular weight is 213 g/mol. The summed E-state index contributed by atoms with van der Waals surface area (Å²) < 4.78 is 10.0. The second-order valence-corrected chi connectivity index (χ2v) is 3.64. The number of aromatic nitrogens is 2. The van der Waals surface area contributed by atoms with Crippen molar-refractivity contribution in [2.45, 2.75) is 25.0 Å². The number of nitrogens with one attached hydrogen (secondary N) is 1. The van der Waals surface area contributed by atoms with Crippen LogP contribution in [0.3, 0.4) is 0 Å². The zero-order chi connectivity index (χ0) is 10.7. The lowest BCUT2D eigenvalue weighted by molar-refractivity contribution is 0.191. The molecule has 1 saturated heterocycles. The average Bonchev–Trinajstić information content (AvgIpc) is 2.83. The molecule has 0 aromatic carbocycles. The van der Waals surface area contributed by atoms with Crippen molar-refractivity contribution in [3.63, 3.8) is 0 Å². The molecule has 2 unspecified atom stereocenters. The van der Waals surface area contributed by atoms with E-state index in [0.29, 0.717) is 37.7 Å². The van der Waals surface area contributed by atoms with E-state index in [1.807, 2.05) is 0 Å². The highest BCUT2D eigenvalue weighted by Gasteiger charge is 2.27. The number of aliphatic hydroxyl groups excluding tert-OH is 1. The Balaban J connectivity index is 1.94. The molecule has 0 radical (unpaired) electrons. The van der Waals surface area contributed by atoms with Crippen LogP contribution in [0.5, 0.6) is 0 Å². The van der Waals surface area contributed by atoms with Crippen LogP contribution in [-0.2, 0) is 11.2 Å². The summed E-state index contributed by atoms with van der Waals surface area (Å²) in [6.07, 6.45) is 0.964. The van der Waals surface area contributed by atoms with Crippen molar-refractivity contribution < 1.29 is 14.4 Å². The molecule has 0 bridgehead atoms. The summed E-state index contributed by atoms with van der Waals surface area (Å²) in [5.41, 5.74) is 0. The highest BCUT2D eigenvalue weighted by Crippen LogP contribution is 2.21. The first kappa shape index (κ1) is 10.5. The Kier molecular flexibility index (Phi) is 3.30. The predicted molar refractivity (Wildman–Crippen MR) is 51.2 cm³/mol. The van der Waals surface area contributed by atoms with Gasteiger partial charge in [-0.1, -0.05) is 5.16 Å². The van der Waals surface area contributed by atoms with Crippen LogP contribution in [0.1, 0.15) is 24.2 Å². The van der Waals surface area contributed by atoms with Crippen LogP contribution in [0.2, 0.25) is 0 Å². The molecule has 1 aromatic heterocycles. The van der Waals surface area contributed by atoms with Gasteiger partial charge in [0.25, 0.3) is 0 Å². The minimum atomic E-state index is -0.315. The molecule has 0 spiro atoms. The third-order valence-corrected chi connectivity index (χ3v) is 2.42. The van der Waals surface area contributed by atoms with E-state index in [-0.39, 0.29) is 12.1 Å². The van der Waals surface area contributed by atoms with Crippen molar-refractivity contribution in [2.75, 3.05) is 20.3 Å². The molecule has 2 rings (SSSR count). The fraction of sp³-hybridized carbons (Fsp3) is 0.778. The van der Waals surface area contributed by atoms with Gasteiger partial charge in [0.2, 0.25) is 5.89 Å². The summed E-state index contributed by atoms with van der Waals surface area (Å²) in [4.78, 5) is 4.23. The summed E-state index contributed by atoms with van der Waals surface area (Å²) in [6, 6.07) is -0.0104. The summed E-state index contributed by atoms with van der Waals surface area (Å²) in [5.74, 6) is 1.20. The van der Waals surface area contributed by atoms with E-state index in [2.05, 4.69) is 15.5 Å². The van der Waals surface area contributed by atoms with Crippen LogP contribution in [0, 0.1) is 0 Å². The molecule has 6 heteroatoms. The van der Waals surface area contributed by atoms with Gasteiger partial charge >= 0.3 is 0 Å². The van der Waals surface area contributed by atoms with E-state index in [1.54, 1.807) is 7.11 Å². The summed E-state index contributed by atoms with van der Waals surface area (Å²) in [5, 5.41) is 16.3. The van der Waals surface area contributed by atoms with Gasteiger partial charge in [-0.25, -0.2) is 0 Å². The van der Waals surface area contributed by atoms with Crippen LogP contribution in [0.25, 0.3) is 0 Å². The molecule has 2 N–H and O–H groups in total. The fourth-order valence-electron chi connectivity index (χ4n) is 1.61. The van der Waals surface area contributed by atoms with E-state index in [0.717, 1.165) is 0 Å². The molecule has 0 saturated carbocycles. The predicted octanol–water partition coefficient (Wildman–Crippen LogP) is -0.346. The number of aliphatic hydroxyl groups is 1. The third-order valence-electron chi connectivity index (χ3n) is 2.42. The standard InChI is InChI=1S/C9H15N3O3/c1-14-3-2-8-11-9(15-12-8)7-4-6(13)5-10-7/h6-7,10,13H,2-5H2,1H3. The van der Waals surface area contributed by atoms with Crippen LogP contribution in [0.4, 0.5) is 0 Å². The number of rotatable bonds is 4. The van der Waals surface area contributed by atoms with Crippen LogP contribution in [0.15, 0.2) is 4.52 Å². The zero-order valence-electron chi connectivity index (χ0n) is 8.64. The van der Waals surface area contributed by atoms with E-state index in [9.17, 15) is 5.11 Å². The lowest BCUT2D eigenvalue weighted by Crippen LogP contribution is -2.15. The quantitative estimate of drug-likeness (QED) is 0.711. The SMILES string of the molecule is COCCc1noc(C2CC(O)CN2)n1.